The number of benzene rings is 3. The standard InChI is InChI=1S/C27H26FN3O4S/c1-31-21(15-25(29-31)18-7-3-2-4-8-18)13-20-16-35-26-14-19(11-12-23(26)27(20)32)22-9-5-6-10-24(22)30-36(33,34)17-28/h2-12,14-15,20,27,30,32H,13,16-17H2,1H3/t20-,27+/m1/s1. The number of aromatic nitrogens is 2. The zero-order valence-electron chi connectivity index (χ0n) is 19.6. The maximum absolute atomic E-state index is 12.9. The average Bonchev–Trinajstić information content (AvgIpc) is 3.26. The lowest BCUT2D eigenvalue weighted by Gasteiger charge is -2.30. The first-order valence-electron chi connectivity index (χ1n) is 11.5. The van der Waals surface area contributed by atoms with Crippen LogP contribution in [0.15, 0.2) is 78.9 Å². The van der Waals surface area contributed by atoms with Crippen LogP contribution in [0.5, 0.6) is 5.75 Å². The average molecular weight is 508 g/mol. The summed E-state index contributed by atoms with van der Waals surface area (Å²) in [7, 11) is -2.19. The number of aliphatic hydroxyl groups is 1. The Bertz CT molecular complexity index is 1490. The van der Waals surface area contributed by atoms with Crippen LogP contribution in [0.3, 0.4) is 0 Å². The lowest BCUT2D eigenvalue weighted by atomic mass is 9.88. The van der Waals surface area contributed by atoms with Gasteiger partial charge in [-0.1, -0.05) is 60.7 Å². The minimum atomic E-state index is -4.08. The van der Waals surface area contributed by atoms with E-state index in [1.807, 2.05) is 48.1 Å². The number of ether oxygens (including phenoxy) is 1. The summed E-state index contributed by atoms with van der Waals surface area (Å²) in [5.41, 5.74) is 5.13. The van der Waals surface area contributed by atoms with E-state index < -0.39 is 22.1 Å². The van der Waals surface area contributed by atoms with Gasteiger partial charge in [-0.05, 0) is 30.2 Å². The number of alkyl halides is 1. The number of aryl methyl sites for hydroxylation is 1. The fraction of sp³-hybridized carbons (Fsp3) is 0.222. The molecule has 2 N–H and O–H groups in total. The van der Waals surface area contributed by atoms with E-state index in [2.05, 4.69) is 9.82 Å². The summed E-state index contributed by atoms with van der Waals surface area (Å²) in [5, 5.41) is 15.8. The smallest absolute Gasteiger partial charge is 0.262 e. The molecule has 0 amide bonds. The molecule has 186 valence electrons. The molecule has 0 bridgehead atoms. The quantitative estimate of drug-likeness (QED) is 0.378. The minimum Gasteiger partial charge on any atom is -0.493 e. The molecule has 0 spiro atoms. The fourth-order valence-corrected chi connectivity index (χ4v) is 5.09. The van der Waals surface area contributed by atoms with Gasteiger partial charge in [0.2, 0.25) is 6.01 Å². The molecule has 5 rings (SSSR count). The Labute approximate surface area is 209 Å². The van der Waals surface area contributed by atoms with Crippen molar-refractivity contribution in [3.05, 3.63) is 90.1 Å². The number of nitrogens with zero attached hydrogens (tertiary/aromatic N) is 2. The van der Waals surface area contributed by atoms with Gasteiger partial charge in [0, 0.05) is 35.3 Å². The zero-order valence-corrected chi connectivity index (χ0v) is 20.5. The first kappa shape index (κ1) is 24.0. The molecule has 2 atom stereocenters. The van der Waals surface area contributed by atoms with E-state index >= 15 is 0 Å². The summed E-state index contributed by atoms with van der Waals surface area (Å²) in [6.07, 6.45) is -0.148. The van der Waals surface area contributed by atoms with Crippen LogP contribution in [0.4, 0.5) is 10.1 Å². The Balaban J connectivity index is 1.37. The van der Waals surface area contributed by atoms with E-state index in [0.29, 0.717) is 35.5 Å². The van der Waals surface area contributed by atoms with Crippen molar-refractivity contribution in [1.29, 1.82) is 0 Å². The van der Waals surface area contributed by atoms with Gasteiger partial charge in [0.15, 0.2) is 0 Å². The zero-order chi connectivity index (χ0) is 25.3. The largest absolute Gasteiger partial charge is 0.493 e. The van der Waals surface area contributed by atoms with Crippen LogP contribution >= 0.6 is 0 Å². The first-order valence-corrected chi connectivity index (χ1v) is 13.2. The van der Waals surface area contributed by atoms with Crippen molar-refractivity contribution in [3.8, 4) is 28.1 Å². The van der Waals surface area contributed by atoms with Gasteiger partial charge in [-0.3, -0.25) is 9.40 Å². The fourth-order valence-electron chi connectivity index (χ4n) is 4.52. The normalized spacial score (nSPS) is 17.3. The van der Waals surface area contributed by atoms with Gasteiger partial charge < -0.3 is 9.84 Å². The number of aliphatic hydroxyl groups excluding tert-OH is 1. The summed E-state index contributed by atoms with van der Waals surface area (Å²) in [6, 6.07) is 22.6. The molecule has 1 aromatic heterocycles. The number of fused-ring (bicyclic) bond motifs is 1. The number of sulfonamides is 1. The second-order valence-electron chi connectivity index (χ2n) is 8.85. The van der Waals surface area contributed by atoms with Crippen LogP contribution in [0, 0.1) is 5.92 Å². The van der Waals surface area contributed by atoms with Gasteiger partial charge in [-0.2, -0.15) is 5.10 Å². The SMILES string of the molecule is Cn1nc(-c2ccccc2)cc1C[C@@H]1COc2cc(-c3ccccc3NS(=O)(=O)CF)ccc2[C@H]1O. The summed E-state index contributed by atoms with van der Waals surface area (Å²) in [4.78, 5) is 0. The third-order valence-electron chi connectivity index (χ3n) is 6.40. The predicted octanol–water partition coefficient (Wildman–Crippen LogP) is 4.71. The molecule has 0 saturated carbocycles. The Morgan fingerprint density at radius 1 is 1.06 bits per heavy atom. The summed E-state index contributed by atoms with van der Waals surface area (Å²) in [5.74, 6) is 0.375. The van der Waals surface area contributed by atoms with Gasteiger partial charge >= 0.3 is 0 Å². The van der Waals surface area contributed by atoms with Crippen molar-refractivity contribution in [1.82, 2.24) is 9.78 Å². The highest BCUT2D eigenvalue weighted by Gasteiger charge is 2.31. The van der Waals surface area contributed by atoms with Crippen molar-refractivity contribution < 1.29 is 22.7 Å². The lowest BCUT2D eigenvalue weighted by molar-refractivity contribution is 0.0499. The van der Waals surface area contributed by atoms with Crippen LogP contribution in [0.1, 0.15) is 17.4 Å². The van der Waals surface area contributed by atoms with Crippen LogP contribution in [-0.2, 0) is 23.5 Å². The molecule has 2 heterocycles. The number of nitrogens with one attached hydrogen (secondary N) is 1. The van der Waals surface area contributed by atoms with Gasteiger partial charge in [0.25, 0.3) is 10.0 Å². The molecule has 3 aromatic carbocycles. The van der Waals surface area contributed by atoms with E-state index in [4.69, 9.17) is 4.74 Å². The summed E-state index contributed by atoms with van der Waals surface area (Å²) in [6.45, 7) is 0.319. The summed E-state index contributed by atoms with van der Waals surface area (Å²) < 4.78 is 46.6. The highest BCUT2D eigenvalue weighted by atomic mass is 32.2. The maximum atomic E-state index is 12.9. The predicted molar refractivity (Wildman–Crippen MR) is 137 cm³/mol. The van der Waals surface area contributed by atoms with Crippen molar-refractivity contribution in [2.24, 2.45) is 13.0 Å². The maximum Gasteiger partial charge on any atom is 0.262 e. The second kappa shape index (κ2) is 9.75. The third kappa shape index (κ3) is 4.84. The molecule has 1 aliphatic heterocycles. The van der Waals surface area contributed by atoms with Crippen LogP contribution in [0.25, 0.3) is 22.4 Å². The van der Waals surface area contributed by atoms with Crippen LogP contribution in [0.2, 0.25) is 0 Å². The monoisotopic (exact) mass is 507 g/mol. The number of hydrogen-bond donors (Lipinski definition) is 2. The molecule has 1 aliphatic rings. The number of hydrogen-bond acceptors (Lipinski definition) is 5. The molecule has 0 unspecified atom stereocenters. The van der Waals surface area contributed by atoms with Crippen molar-refractivity contribution in [2.75, 3.05) is 17.3 Å². The first-order chi connectivity index (χ1) is 17.3. The van der Waals surface area contributed by atoms with Crippen LogP contribution < -0.4 is 9.46 Å². The second-order valence-corrected chi connectivity index (χ2v) is 10.5. The topological polar surface area (TPSA) is 93.5 Å². The van der Waals surface area contributed by atoms with Crippen molar-refractivity contribution in [2.45, 2.75) is 12.5 Å². The lowest BCUT2D eigenvalue weighted by Crippen LogP contribution is -2.28. The van der Waals surface area contributed by atoms with E-state index in [-0.39, 0.29) is 11.6 Å². The molecule has 0 fully saturated rings. The molecule has 9 heteroatoms. The molecular formula is C27H26FN3O4S. The Hall–Kier alpha value is -3.69. The van der Waals surface area contributed by atoms with E-state index in [9.17, 15) is 17.9 Å². The number of para-hydroxylation sites is 1. The number of rotatable bonds is 7. The Morgan fingerprint density at radius 2 is 1.81 bits per heavy atom. The number of halogens is 1. The van der Waals surface area contributed by atoms with E-state index in [0.717, 1.165) is 17.0 Å². The van der Waals surface area contributed by atoms with Gasteiger partial charge in [-0.15, -0.1) is 0 Å². The Kier molecular flexibility index (Phi) is 6.51. The highest BCUT2D eigenvalue weighted by molar-refractivity contribution is 7.92. The third-order valence-corrected chi connectivity index (χ3v) is 7.21. The molecule has 4 aromatic rings. The van der Waals surface area contributed by atoms with E-state index in [1.54, 1.807) is 42.5 Å². The summed E-state index contributed by atoms with van der Waals surface area (Å²) >= 11 is 0. The molecule has 36 heavy (non-hydrogen) atoms. The van der Waals surface area contributed by atoms with Gasteiger partial charge in [0.1, 0.15) is 5.75 Å². The Morgan fingerprint density at radius 3 is 2.58 bits per heavy atom. The molecule has 0 aliphatic carbocycles. The van der Waals surface area contributed by atoms with E-state index in [1.165, 1.54) is 0 Å². The molecule has 0 saturated heterocycles. The van der Waals surface area contributed by atoms with Crippen molar-refractivity contribution >= 4 is 15.7 Å². The minimum absolute atomic E-state index is 0.161. The van der Waals surface area contributed by atoms with Crippen LogP contribution in [-0.4, -0.2) is 35.9 Å². The van der Waals surface area contributed by atoms with Gasteiger partial charge in [-0.25, -0.2) is 12.8 Å². The molecular weight excluding hydrogens is 481 g/mol. The van der Waals surface area contributed by atoms with Crippen molar-refractivity contribution in [3.63, 3.8) is 0 Å². The highest BCUT2D eigenvalue weighted by Crippen LogP contribution is 2.40. The molecule has 0 radical (unpaired) electrons. The van der Waals surface area contributed by atoms with Gasteiger partial charge in [0.05, 0.1) is 24.1 Å². The number of anilines is 1. The molecule has 7 nitrogen and oxygen atoms in total.